The number of halogens is 1. The summed E-state index contributed by atoms with van der Waals surface area (Å²) in [4.78, 5) is 16.5. The lowest BCUT2D eigenvalue weighted by molar-refractivity contribution is -0.231. The molecule has 146 valence electrons. The van der Waals surface area contributed by atoms with Crippen molar-refractivity contribution in [1.82, 2.24) is 10.3 Å². The number of carbonyl (C=O) groups excluding carboxylic acids is 1. The van der Waals surface area contributed by atoms with E-state index in [1.165, 1.54) is 5.38 Å². The number of rotatable bonds is 5. The lowest BCUT2D eigenvalue weighted by Crippen LogP contribution is -2.55. The Morgan fingerprint density at radius 3 is 2.67 bits per heavy atom. The van der Waals surface area contributed by atoms with Crippen molar-refractivity contribution >= 4 is 28.8 Å². The second kappa shape index (κ2) is 8.61. The van der Waals surface area contributed by atoms with E-state index in [4.69, 9.17) is 16.3 Å². The zero-order chi connectivity index (χ0) is 19.6. The molecule has 0 spiro atoms. The van der Waals surface area contributed by atoms with Crippen LogP contribution < -0.4 is 5.32 Å². The van der Waals surface area contributed by atoms with Crippen LogP contribution in [0.3, 0.4) is 0 Å². The van der Waals surface area contributed by atoms with E-state index in [0.29, 0.717) is 5.02 Å². The molecular weight excluding hydrogens is 396 g/mol. The van der Waals surface area contributed by atoms with Crippen molar-refractivity contribution < 1.29 is 30.0 Å². The van der Waals surface area contributed by atoms with Gasteiger partial charge in [-0.1, -0.05) is 29.8 Å². The number of hydrogen-bond donors (Lipinski definition) is 5. The van der Waals surface area contributed by atoms with E-state index in [-0.39, 0.29) is 17.2 Å². The van der Waals surface area contributed by atoms with Crippen molar-refractivity contribution in [2.45, 2.75) is 37.1 Å². The number of ether oxygens (including phenoxy) is 1. The zero-order valence-corrected chi connectivity index (χ0v) is 15.6. The van der Waals surface area contributed by atoms with Gasteiger partial charge in [0, 0.05) is 16.9 Å². The first-order valence-corrected chi connectivity index (χ1v) is 9.45. The number of nitrogens with one attached hydrogen (secondary N) is 1. The van der Waals surface area contributed by atoms with Gasteiger partial charge in [-0.2, -0.15) is 0 Å². The van der Waals surface area contributed by atoms with Crippen molar-refractivity contribution in [3.05, 3.63) is 50.9 Å². The van der Waals surface area contributed by atoms with Crippen LogP contribution >= 0.6 is 22.9 Å². The lowest BCUT2D eigenvalue weighted by atomic mass is 9.95. The van der Waals surface area contributed by atoms with Gasteiger partial charge in [-0.3, -0.25) is 4.79 Å². The van der Waals surface area contributed by atoms with Crippen LogP contribution in [-0.2, 0) is 11.3 Å². The quantitative estimate of drug-likeness (QED) is 0.473. The van der Waals surface area contributed by atoms with E-state index < -0.39 is 43.0 Å². The molecule has 0 aliphatic carbocycles. The van der Waals surface area contributed by atoms with Crippen molar-refractivity contribution in [3.63, 3.8) is 0 Å². The number of amides is 1. The monoisotopic (exact) mass is 414 g/mol. The van der Waals surface area contributed by atoms with Crippen molar-refractivity contribution in [2.75, 3.05) is 6.61 Å². The molecular formula is C17H19ClN2O6S. The van der Waals surface area contributed by atoms with Crippen LogP contribution in [0, 0.1) is 0 Å². The predicted octanol–water partition coefficient (Wildman–Crippen LogP) is 0.241. The summed E-state index contributed by atoms with van der Waals surface area (Å²) >= 11 is 7.13. The highest BCUT2D eigenvalue weighted by Gasteiger charge is 2.45. The molecule has 5 atom stereocenters. The maximum Gasteiger partial charge on any atom is 0.271 e. The third-order valence-corrected chi connectivity index (χ3v) is 5.56. The molecule has 8 nitrogen and oxygen atoms in total. The van der Waals surface area contributed by atoms with Gasteiger partial charge < -0.3 is 30.5 Å². The van der Waals surface area contributed by atoms with Crippen LogP contribution in [0.2, 0.25) is 5.02 Å². The number of carbonyl (C=O) groups is 1. The van der Waals surface area contributed by atoms with Crippen LogP contribution in [0.15, 0.2) is 29.6 Å². The molecule has 1 aromatic heterocycles. The number of thiazole rings is 1. The first-order chi connectivity index (χ1) is 12.9. The van der Waals surface area contributed by atoms with E-state index >= 15 is 0 Å². The maximum atomic E-state index is 12.3. The Morgan fingerprint density at radius 2 is 1.96 bits per heavy atom. The van der Waals surface area contributed by atoms with Crippen LogP contribution in [0.1, 0.15) is 27.2 Å². The molecule has 0 radical (unpaired) electrons. The van der Waals surface area contributed by atoms with E-state index in [2.05, 4.69) is 10.3 Å². The van der Waals surface area contributed by atoms with E-state index in [0.717, 1.165) is 16.9 Å². The fourth-order valence-corrected chi connectivity index (χ4v) is 3.81. The Morgan fingerprint density at radius 1 is 1.22 bits per heavy atom. The molecule has 1 aliphatic heterocycles. The van der Waals surface area contributed by atoms with Gasteiger partial charge in [0.1, 0.15) is 41.2 Å². The molecule has 1 aliphatic rings. The molecule has 10 heteroatoms. The van der Waals surface area contributed by atoms with Crippen LogP contribution in [-0.4, -0.2) is 62.3 Å². The minimum atomic E-state index is -1.50. The van der Waals surface area contributed by atoms with E-state index in [9.17, 15) is 25.2 Å². The van der Waals surface area contributed by atoms with Crippen molar-refractivity contribution in [1.29, 1.82) is 0 Å². The summed E-state index contributed by atoms with van der Waals surface area (Å²) in [6, 6.07) is 7.13. The molecule has 1 aromatic carbocycles. The standard InChI is InChI=1S/C17H19ClN2O6S/c18-9-4-2-1-3-8(9)5-19-16(25)10-7-27-17(20-10)15-14(24)13(23)12(22)11(6-21)26-15/h1-4,7,11-15,21-24H,5-6H2,(H,19,25)/t11-,12+,13+,14-,15-/m1/s1. The van der Waals surface area contributed by atoms with Gasteiger partial charge in [-0.15, -0.1) is 11.3 Å². The van der Waals surface area contributed by atoms with Gasteiger partial charge in [-0.25, -0.2) is 4.98 Å². The summed E-state index contributed by atoms with van der Waals surface area (Å²) in [7, 11) is 0. The SMILES string of the molecule is O=C(NCc1ccccc1Cl)c1csc([C@@H]2O[C@H](CO)[C@H](O)[C@H](O)[C@H]2O)n1. The maximum absolute atomic E-state index is 12.3. The highest BCUT2D eigenvalue weighted by Crippen LogP contribution is 2.33. The van der Waals surface area contributed by atoms with Gasteiger partial charge >= 0.3 is 0 Å². The minimum absolute atomic E-state index is 0.124. The molecule has 0 bridgehead atoms. The molecule has 1 amide bonds. The summed E-state index contributed by atoms with van der Waals surface area (Å²) in [5, 5.41) is 44.1. The second-order valence-corrected chi connectivity index (χ2v) is 7.39. The minimum Gasteiger partial charge on any atom is -0.394 e. The highest BCUT2D eigenvalue weighted by molar-refractivity contribution is 7.09. The Bertz CT molecular complexity index is 801. The molecule has 27 heavy (non-hydrogen) atoms. The number of aromatic nitrogens is 1. The highest BCUT2D eigenvalue weighted by atomic mass is 35.5. The Hall–Kier alpha value is -1.59. The summed E-state index contributed by atoms with van der Waals surface area (Å²) in [5.41, 5.74) is 0.885. The third-order valence-electron chi connectivity index (χ3n) is 4.29. The normalized spacial score (nSPS) is 28.1. The fraction of sp³-hybridized carbons (Fsp3) is 0.412. The summed E-state index contributed by atoms with van der Waals surface area (Å²) in [6.45, 7) is -0.302. The smallest absolute Gasteiger partial charge is 0.271 e. The number of benzene rings is 1. The van der Waals surface area contributed by atoms with E-state index in [1.807, 2.05) is 6.07 Å². The molecule has 2 aromatic rings. The van der Waals surface area contributed by atoms with Gasteiger partial charge in [0.05, 0.1) is 6.61 Å². The number of hydrogen-bond acceptors (Lipinski definition) is 8. The lowest BCUT2D eigenvalue weighted by Gasteiger charge is -2.39. The van der Waals surface area contributed by atoms with Gasteiger partial charge in [0.2, 0.25) is 0 Å². The molecule has 0 unspecified atom stereocenters. The summed E-state index contributed by atoms with van der Waals surface area (Å²) < 4.78 is 5.44. The third kappa shape index (κ3) is 4.30. The average Bonchev–Trinajstić information content (AvgIpc) is 3.15. The van der Waals surface area contributed by atoms with Gasteiger partial charge in [0.25, 0.3) is 5.91 Å². The van der Waals surface area contributed by atoms with Crippen LogP contribution in [0.5, 0.6) is 0 Å². The summed E-state index contributed by atoms with van der Waals surface area (Å²) in [6.07, 6.45) is -6.47. The molecule has 1 saturated heterocycles. The molecule has 3 rings (SSSR count). The molecule has 1 fully saturated rings. The van der Waals surface area contributed by atoms with Crippen LogP contribution in [0.4, 0.5) is 0 Å². The van der Waals surface area contributed by atoms with Crippen molar-refractivity contribution in [3.8, 4) is 0 Å². The number of nitrogens with zero attached hydrogens (tertiary/aromatic N) is 1. The topological polar surface area (TPSA) is 132 Å². The number of aliphatic hydroxyl groups excluding tert-OH is 4. The molecule has 5 N–H and O–H groups in total. The number of aliphatic hydroxyl groups is 4. The Balaban J connectivity index is 1.68. The fourth-order valence-electron chi connectivity index (χ4n) is 2.74. The average molecular weight is 415 g/mol. The van der Waals surface area contributed by atoms with Gasteiger partial charge in [0.15, 0.2) is 0 Å². The van der Waals surface area contributed by atoms with Crippen LogP contribution in [0.25, 0.3) is 0 Å². The zero-order valence-electron chi connectivity index (χ0n) is 14.0. The van der Waals surface area contributed by atoms with E-state index in [1.54, 1.807) is 18.2 Å². The second-order valence-electron chi connectivity index (χ2n) is 6.09. The molecule has 0 saturated carbocycles. The Labute approximate surface area is 164 Å². The predicted molar refractivity (Wildman–Crippen MR) is 97.5 cm³/mol. The first-order valence-electron chi connectivity index (χ1n) is 8.20. The summed E-state index contributed by atoms with van der Waals surface area (Å²) in [5.74, 6) is -0.429. The largest absolute Gasteiger partial charge is 0.394 e. The van der Waals surface area contributed by atoms with Gasteiger partial charge in [-0.05, 0) is 11.6 Å². The van der Waals surface area contributed by atoms with Crippen molar-refractivity contribution in [2.24, 2.45) is 0 Å². The molecule has 2 heterocycles. The first kappa shape index (κ1) is 20.2. The Kier molecular flexibility index (Phi) is 6.43.